The molecule has 1 heterocycles. The predicted molar refractivity (Wildman–Crippen MR) is 88.4 cm³/mol. The minimum Gasteiger partial charge on any atom is -0.443 e. The standard InChI is InChI=1S/C18H24N2O4/c1-7-8-19-12(4)15(21)20(17(19)23)10-24-16(22)14-13(9-11(2)3)18(14,5)6/h1,9,12-14H,8,10H2,2-6H3. The highest BCUT2D eigenvalue weighted by molar-refractivity contribution is 6.04. The van der Waals surface area contributed by atoms with E-state index in [1.54, 1.807) is 6.92 Å². The Morgan fingerprint density at radius 2 is 2.00 bits per heavy atom. The van der Waals surface area contributed by atoms with Crippen molar-refractivity contribution in [3.63, 3.8) is 0 Å². The zero-order valence-corrected chi connectivity index (χ0v) is 14.8. The molecule has 0 aromatic rings. The molecule has 1 aliphatic heterocycles. The highest BCUT2D eigenvalue weighted by Crippen LogP contribution is 2.59. The van der Waals surface area contributed by atoms with Gasteiger partial charge in [0, 0.05) is 0 Å². The molecule has 0 spiro atoms. The second kappa shape index (κ2) is 6.31. The van der Waals surface area contributed by atoms with Crippen molar-refractivity contribution >= 4 is 17.9 Å². The summed E-state index contributed by atoms with van der Waals surface area (Å²) in [5.74, 6) is 1.44. The van der Waals surface area contributed by atoms with Crippen LogP contribution in [0.3, 0.4) is 0 Å². The zero-order chi connectivity index (χ0) is 18.2. The number of esters is 1. The van der Waals surface area contributed by atoms with E-state index in [1.807, 2.05) is 27.7 Å². The Labute approximate surface area is 142 Å². The third-order valence-electron chi connectivity index (χ3n) is 4.84. The van der Waals surface area contributed by atoms with Gasteiger partial charge in [-0.3, -0.25) is 9.59 Å². The van der Waals surface area contributed by atoms with Crippen molar-refractivity contribution in [3.05, 3.63) is 11.6 Å². The lowest BCUT2D eigenvalue weighted by atomic mass is 10.1. The van der Waals surface area contributed by atoms with E-state index in [1.165, 1.54) is 4.90 Å². The van der Waals surface area contributed by atoms with E-state index >= 15 is 0 Å². The van der Waals surface area contributed by atoms with Gasteiger partial charge >= 0.3 is 12.0 Å². The summed E-state index contributed by atoms with van der Waals surface area (Å²) in [6.45, 7) is 9.27. The largest absolute Gasteiger partial charge is 0.443 e. The lowest BCUT2D eigenvalue weighted by Crippen LogP contribution is -2.36. The Morgan fingerprint density at radius 1 is 1.38 bits per heavy atom. The van der Waals surface area contributed by atoms with Crippen LogP contribution in [0.4, 0.5) is 4.79 Å². The quantitative estimate of drug-likeness (QED) is 0.334. The van der Waals surface area contributed by atoms with Gasteiger partial charge in [0.1, 0.15) is 6.04 Å². The lowest BCUT2D eigenvalue weighted by Gasteiger charge is -2.16. The molecule has 2 rings (SSSR count). The molecule has 1 saturated carbocycles. The average molecular weight is 332 g/mol. The van der Waals surface area contributed by atoms with Crippen LogP contribution in [0, 0.1) is 29.6 Å². The van der Waals surface area contributed by atoms with Gasteiger partial charge < -0.3 is 9.64 Å². The molecule has 1 saturated heterocycles. The summed E-state index contributed by atoms with van der Waals surface area (Å²) >= 11 is 0. The summed E-state index contributed by atoms with van der Waals surface area (Å²) in [4.78, 5) is 38.9. The minimum absolute atomic E-state index is 0.0501. The molecule has 130 valence electrons. The van der Waals surface area contributed by atoms with E-state index in [2.05, 4.69) is 12.0 Å². The Morgan fingerprint density at radius 3 is 2.54 bits per heavy atom. The van der Waals surface area contributed by atoms with Gasteiger partial charge in [-0.25, -0.2) is 9.69 Å². The first-order chi connectivity index (χ1) is 11.1. The van der Waals surface area contributed by atoms with Crippen LogP contribution >= 0.6 is 0 Å². The number of terminal acetylenes is 1. The number of allylic oxidation sites excluding steroid dienone is 2. The van der Waals surface area contributed by atoms with Crippen LogP contribution < -0.4 is 0 Å². The molecule has 3 amide bonds. The van der Waals surface area contributed by atoms with Gasteiger partial charge in [-0.05, 0) is 32.1 Å². The number of hydrogen-bond acceptors (Lipinski definition) is 4. The number of nitrogens with zero attached hydrogens (tertiary/aromatic N) is 2. The van der Waals surface area contributed by atoms with Crippen molar-refractivity contribution < 1.29 is 19.1 Å². The predicted octanol–water partition coefficient (Wildman–Crippen LogP) is 2.01. The number of amides is 3. The molecule has 0 aromatic heterocycles. The topological polar surface area (TPSA) is 66.9 Å². The van der Waals surface area contributed by atoms with Crippen LogP contribution in [-0.4, -0.2) is 47.0 Å². The number of rotatable bonds is 5. The van der Waals surface area contributed by atoms with Crippen LogP contribution in [0.25, 0.3) is 0 Å². The van der Waals surface area contributed by atoms with Gasteiger partial charge in [0.15, 0.2) is 6.73 Å². The molecule has 2 aliphatic rings. The number of urea groups is 1. The summed E-state index contributed by atoms with van der Waals surface area (Å²) < 4.78 is 5.25. The summed E-state index contributed by atoms with van der Waals surface area (Å²) in [5, 5.41) is 0. The van der Waals surface area contributed by atoms with E-state index in [0.29, 0.717) is 0 Å². The minimum atomic E-state index is -0.636. The van der Waals surface area contributed by atoms with Gasteiger partial charge in [-0.1, -0.05) is 31.4 Å². The second-order valence-electron chi connectivity index (χ2n) is 7.22. The molecule has 0 bridgehead atoms. The number of hydrogen-bond donors (Lipinski definition) is 0. The first-order valence-electron chi connectivity index (χ1n) is 8.00. The SMILES string of the molecule is C#CCN1C(=O)N(COC(=O)C2C(C=C(C)C)C2(C)C)C(=O)C1C. The Kier molecular flexibility index (Phi) is 4.75. The zero-order valence-electron chi connectivity index (χ0n) is 14.8. The second-order valence-corrected chi connectivity index (χ2v) is 7.22. The smallest absolute Gasteiger partial charge is 0.331 e. The van der Waals surface area contributed by atoms with E-state index in [4.69, 9.17) is 11.2 Å². The van der Waals surface area contributed by atoms with Crippen molar-refractivity contribution in [2.75, 3.05) is 13.3 Å². The maximum Gasteiger partial charge on any atom is 0.331 e. The first kappa shape index (κ1) is 18.1. The van der Waals surface area contributed by atoms with Crippen LogP contribution in [0.5, 0.6) is 0 Å². The maximum atomic E-state index is 12.3. The molecule has 6 heteroatoms. The molecule has 6 nitrogen and oxygen atoms in total. The van der Waals surface area contributed by atoms with Gasteiger partial charge in [0.05, 0.1) is 12.5 Å². The molecule has 0 radical (unpaired) electrons. The third-order valence-corrected chi connectivity index (χ3v) is 4.84. The third kappa shape index (κ3) is 3.03. The fraction of sp³-hybridized carbons (Fsp3) is 0.611. The molecular weight excluding hydrogens is 308 g/mol. The van der Waals surface area contributed by atoms with Crippen molar-refractivity contribution in [2.45, 2.75) is 40.7 Å². The highest BCUT2D eigenvalue weighted by Gasteiger charge is 2.61. The van der Waals surface area contributed by atoms with E-state index in [-0.39, 0.29) is 36.5 Å². The average Bonchev–Trinajstić information content (AvgIpc) is 2.95. The first-order valence-corrected chi connectivity index (χ1v) is 8.00. The summed E-state index contributed by atoms with van der Waals surface area (Å²) in [7, 11) is 0. The molecule has 3 atom stereocenters. The van der Waals surface area contributed by atoms with E-state index in [9.17, 15) is 14.4 Å². The van der Waals surface area contributed by atoms with Crippen LogP contribution in [0.1, 0.15) is 34.6 Å². The normalized spacial score (nSPS) is 27.8. The summed E-state index contributed by atoms with van der Waals surface area (Å²) in [6, 6.07) is -1.16. The fourth-order valence-corrected chi connectivity index (χ4v) is 3.21. The van der Waals surface area contributed by atoms with Crippen molar-refractivity contribution in [3.8, 4) is 12.3 Å². The van der Waals surface area contributed by atoms with Crippen LogP contribution in [-0.2, 0) is 14.3 Å². The van der Waals surface area contributed by atoms with Crippen molar-refractivity contribution in [1.29, 1.82) is 0 Å². The van der Waals surface area contributed by atoms with Gasteiger partial charge in [0.25, 0.3) is 5.91 Å². The van der Waals surface area contributed by atoms with Gasteiger partial charge in [0.2, 0.25) is 0 Å². The number of ether oxygens (including phenoxy) is 1. The molecule has 2 fully saturated rings. The fourth-order valence-electron chi connectivity index (χ4n) is 3.21. The van der Waals surface area contributed by atoms with Gasteiger partial charge in [-0.2, -0.15) is 0 Å². The van der Waals surface area contributed by atoms with Gasteiger partial charge in [-0.15, -0.1) is 6.42 Å². The Hall–Kier alpha value is -2.29. The lowest BCUT2D eigenvalue weighted by molar-refractivity contribution is -0.151. The summed E-state index contributed by atoms with van der Waals surface area (Å²) in [5.41, 5.74) is 0.975. The van der Waals surface area contributed by atoms with Crippen molar-refractivity contribution in [1.82, 2.24) is 9.80 Å². The Bertz CT molecular complexity index is 640. The molecule has 1 aliphatic carbocycles. The van der Waals surface area contributed by atoms with Crippen LogP contribution in [0.2, 0.25) is 0 Å². The Balaban J connectivity index is 1.98. The van der Waals surface area contributed by atoms with Crippen molar-refractivity contribution in [2.24, 2.45) is 17.3 Å². The molecule has 3 unspecified atom stereocenters. The molecule has 0 N–H and O–H groups in total. The maximum absolute atomic E-state index is 12.3. The number of imide groups is 1. The molecular formula is C18H24N2O4. The van der Waals surface area contributed by atoms with E-state index in [0.717, 1.165) is 10.5 Å². The number of carbonyl (C=O) groups is 3. The monoisotopic (exact) mass is 332 g/mol. The number of carbonyl (C=O) groups excluding carboxylic acids is 3. The van der Waals surface area contributed by atoms with Crippen LogP contribution in [0.15, 0.2) is 11.6 Å². The molecule has 0 aromatic carbocycles. The molecule has 24 heavy (non-hydrogen) atoms. The van der Waals surface area contributed by atoms with E-state index < -0.39 is 18.0 Å². The summed E-state index contributed by atoms with van der Waals surface area (Å²) in [6.07, 6.45) is 7.28. The highest BCUT2D eigenvalue weighted by atomic mass is 16.5.